The van der Waals surface area contributed by atoms with Crippen LogP contribution in [0.15, 0.2) is 134 Å². The van der Waals surface area contributed by atoms with Crippen molar-refractivity contribution in [3.05, 3.63) is 134 Å². The number of carbonyl (C=O) groups is 3. The highest BCUT2D eigenvalue weighted by Gasteiger charge is 2.19. The van der Waals surface area contributed by atoms with Gasteiger partial charge in [-0.05, 0) is 109 Å². The van der Waals surface area contributed by atoms with Crippen LogP contribution in [0, 0.1) is 0 Å². The molecule has 0 aromatic carbocycles. The van der Waals surface area contributed by atoms with Crippen LogP contribution in [0.5, 0.6) is 0 Å². The van der Waals surface area contributed by atoms with Gasteiger partial charge in [0.1, 0.15) is 13.2 Å². The number of hydrogen-bond acceptors (Lipinski definition) is 6. The van der Waals surface area contributed by atoms with Crippen LogP contribution < -0.4 is 0 Å². The largest absolute Gasteiger partial charge is 0.462 e. The minimum atomic E-state index is -0.813. The monoisotopic (exact) mass is 967 g/mol. The summed E-state index contributed by atoms with van der Waals surface area (Å²) in [6.07, 6.45) is 80.0. The van der Waals surface area contributed by atoms with E-state index in [-0.39, 0.29) is 37.5 Å². The second-order valence-corrected chi connectivity index (χ2v) is 18.2. The van der Waals surface area contributed by atoms with Gasteiger partial charge in [0.15, 0.2) is 6.10 Å². The normalized spacial score (nSPS) is 13.1. The molecule has 0 N–H and O–H groups in total. The third-order valence-electron chi connectivity index (χ3n) is 11.5. The maximum Gasteiger partial charge on any atom is 0.306 e. The molecular formula is C64H102O6. The smallest absolute Gasteiger partial charge is 0.306 e. The molecule has 0 aromatic heterocycles. The molecule has 0 fully saturated rings. The fourth-order valence-electron chi connectivity index (χ4n) is 7.26. The standard InChI is InChI=1S/C64H102O6/c1-4-7-10-13-16-19-22-25-28-30-32-34-36-39-42-45-48-51-54-57-63(66)69-60-61(59-68-62(65)56-53-50-47-44-41-38-35-27-24-21-18-15-12-9-6-3)70-64(67)58-55-52-49-46-43-40-37-33-31-29-26-23-20-17-14-11-8-5-2/h7,10-11,14,16-17,19-21,23-26,28-29,31-34,37,39,42,61H,4-6,8-9,12-13,15,18,22,27,30,35-36,38,40-41,43-60H2,1-3H3/b10-7-,14-11-,19-16-,20-17-,24-21-,26-23-,28-25-,31-29-,34-32-,37-33-,42-39-. The summed E-state index contributed by atoms with van der Waals surface area (Å²) in [6, 6.07) is 0. The molecule has 0 saturated heterocycles. The van der Waals surface area contributed by atoms with Crippen molar-refractivity contribution in [2.24, 2.45) is 0 Å². The summed E-state index contributed by atoms with van der Waals surface area (Å²) in [5.74, 6) is -0.973. The minimum absolute atomic E-state index is 0.106. The summed E-state index contributed by atoms with van der Waals surface area (Å²) < 4.78 is 16.8. The third kappa shape index (κ3) is 54.5. The predicted octanol–water partition coefficient (Wildman–Crippen LogP) is 19.0. The molecular weight excluding hydrogens is 865 g/mol. The molecule has 0 aliphatic carbocycles. The Balaban J connectivity index is 4.54. The maximum absolute atomic E-state index is 12.9. The average Bonchev–Trinajstić information content (AvgIpc) is 3.36. The average molecular weight is 968 g/mol. The summed E-state index contributed by atoms with van der Waals surface area (Å²) in [5, 5.41) is 0. The van der Waals surface area contributed by atoms with Gasteiger partial charge in [-0.1, -0.05) is 238 Å². The Labute approximate surface area is 430 Å². The molecule has 70 heavy (non-hydrogen) atoms. The van der Waals surface area contributed by atoms with Crippen LogP contribution in [0.1, 0.15) is 233 Å². The van der Waals surface area contributed by atoms with Crippen molar-refractivity contribution >= 4 is 17.9 Å². The Bertz CT molecular complexity index is 1530. The first-order valence-corrected chi connectivity index (χ1v) is 28.3. The molecule has 0 saturated carbocycles. The second-order valence-electron chi connectivity index (χ2n) is 18.2. The van der Waals surface area contributed by atoms with Crippen LogP contribution >= 0.6 is 0 Å². The quantitative estimate of drug-likeness (QED) is 0.0199. The van der Waals surface area contributed by atoms with Gasteiger partial charge in [-0.3, -0.25) is 14.4 Å². The van der Waals surface area contributed by atoms with Gasteiger partial charge >= 0.3 is 17.9 Å². The Morgan fingerprint density at radius 3 is 1.09 bits per heavy atom. The zero-order valence-corrected chi connectivity index (χ0v) is 45.0. The molecule has 0 radical (unpaired) electrons. The molecule has 394 valence electrons. The van der Waals surface area contributed by atoms with Crippen molar-refractivity contribution < 1.29 is 28.6 Å². The predicted molar refractivity (Wildman–Crippen MR) is 302 cm³/mol. The molecule has 6 nitrogen and oxygen atoms in total. The minimum Gasteiger partial charge on any atom is -0.462 e. The van der Waals surface area contributed by atoms with Gasteiger partial charge in [-0.15, -0.1) is 0 Å². The molecule has 0 bridgehead atoms. The van der Waals surface area contributed by atoms with Crippen molar-refractivity contribution in [3.8, 4) is 0 Å². The van der Waals surface area contributed by atoms with E-state index in [4.69, 9.17) is 14.2 Å². The molecule has 6 heteroatoms. The maximum atomic E-state index is 12.9. The van der Waals surface area contributed by atoms with Gasteiger partial charge in [0, 0.05) is 19.3 Å². The van der Waals surface area contributed by atoms with E-state index >= 15 is 0 Å². The lowest BCUT2D eigenvalue weighted by Crippen LogP contribution is -2.30. The van der Waals surface area contributed by atoms with Crippen LogP contribution in [0.3, 0.4) is 0 Å². The molecule has 0 aliphatic rings. The molecule has 0 amide bonds. The fourth-order valence-corrected chi connectivity index (χ4v) is 7.26. The lowest BCUT2D eigenvalue weighted by Gasteiger charge is -2.18. The number of unbranched alkanes of at least 4 members (excludes halogenated alkanes) is 20. The molecule has 0 aliphatic heterocycles. The Morgan fingerprint density at radius 2 is 0.643 bits per heavy atom. The summed E-state index contributed by atoms with van der Waals surface area (Å²) in [6.45, 7) is 6.36. The van der Waals surface area contributed by atoms with Gasteiger partial charge in [0.05, 0.1) is 0 Å². The van der Waals surface area contributed by atoms with Gasteiger partial charge in [-0.25, -0.2) is 0 Å². The SMILES string of the molecule is CC/C=C\C/C=C\C/C=C\C/C=C\C/C=C\CCCCCC(=O)OCC(COC(=O)CCCCCCCCC/C=C\CCCCCC)OC(=O)CCCCCCC\C=C/C=C\C=C/C=C\C=C/CCC. The zero-order valence-electron chi connectivity index (χ0n) is 45.0. The lowest BCUT2D eigenvalue weighted by molar-refractivity contribution is -0.167. The highest BCUT2D eigenvalue weighted by atomic mass is 16.6. The van der Waals surface area contributed by atoms with Gasteiger partial charge < -0.3 is 14.2 Å². The van der Waals surface area contributed by atoms with E-state index < -0.39 is 6.10 Å². The first-order valence-electron chi connectivity index (χ1n) is 28.3. The van der Waals surface area contributed by atoms with Crippen molar-refractivity contribution in [1.82, 2.24) is 0 Å². The number of allylic oxidation sites excluding steroid dienone is 22. The van der Waals surface area contributed by atoms with Crippen molar-refractivity contribution in [2.75, 3.05) is 13.2 Å². The number of rotatable bonds is 49. The molecule has 0 aromatic rings. The van der Waals surface area contributed by atoms with Gasteiger partial charge in [0.2, 0.25) is 0 Å². The number of hydrogen-bond donors (Lipinski definition) is 0. The van der Waals surface area contributed by atoms with E-state index in [2.05, 4.69) is 130 Å². The summed E-state index contributed by atoms with van der Waals surface area (Å²) in [7, 11) is 0. The van der Waals surface area contributed by atoms with Crippen LogP contribution in [0.4, 0.5) is 0 Å². The first kappa shape index (κ1) is 65.5. The second kappa shape index (κ2) is 57.1. The summed E-state index contributed by atoms with van der Waals surface area (Å²) in [4.78, 5) is 38.2. The molecule has 0 spiro atoms. The summed E-state index contributed by atoms with van der Waals surface area (Å²) >= 11 is 0. The van der Waals surface area contributed by atoms with Gasteiger partial charge in [0.25, 0.3) is 0 Å². The number of ether oxygens (including phenoxy) is 3. The topological polar surface area (TPSA) is 78.9 Å². The Kier molecular flexibility index (Phi) is 53.5. The first-order chi connectivity index (χ1) is 34.5. The van der Waals surface area contributed by atoms with Crippen LogP contribution in [0.25, 0.3) is 0 Å². The Hall–Kier alpha value is -4.45. The van der Waals surface area contributed by atoms with Crippen LogP contribution in [0.2, 0.25) is 0 Å². The van der Waals surface area contributed by atoms with Crippen LogP contribution in [-0.2, 0) is 28.6 Å². The highest BCUT2D eigenvalue weighted by Crippen LogP contribution is 2.14. The number of esters is 3. The molecule has 0 heterocycles. The lowest BCUT2D eigenvalue weighted by atomic mass is 10.1. The van der Waals surface area contributed by atoms with Gasteiger partial charge in [-0.2, -0.15) is 0 Å². The van der Waals surface area contributed by atoms with E-state index in [1.54, 1.807) is 0 Å². The van der Waals surface area contributed by atoms with E-state index in [0.29, 0.717) is 12.8 Å². The van der Waals surface area contributed by atoms with Crippen molar-refractivity contribution in [2.45, 2.75) is 239 Å². The molecule has 0 rings (SSSR count). The summed E-state index contributed by atoms with van der Waals surface area (Å²) in [5.41, 5.74) is 0. The van der Waals surface area contributed by atoms with Crippen molar-refractivity contribution in [1.29, 1.82) is 0 Å². The molecule has 1 atom stereocenters. The van der Waals surface area contributed by atoms with E-state index in [1.807, 2.05) is 24.3 Å². The van der Waals surface area contributed by atoms with E-state index in [0.717, 1.165) is 122 Å². The zero-order chi connectivity index (χ0) is 50.7. The van der Waals surface area contributed by atoms with Crippen molar-refractivity contribution in [3.63, 3.8) is 0 Å². The highest BCUT2D eigenvalue weighted by molar-refractivity contribution is 5.71. The van der Waals surface area contributed by atoms with Crippen LogP contribution in [-0.4, -0.2) is 37.2 Å². The fraction of sp³-hybridized carbons (Fsp3) is 0.609. The number of carbonyl (C=O) groups excluding carboxylic acids is 3. The Morgan fingerprint density at radius 1 is 0.314 bits per heavy atom. The van der Waals surface area contributed by atoms with E-state index in [9.17, 15) is 14.4 Å². The third-order valence-corrected chi connectivity index (χ3v) is 11.5. The van der Waals surface area contributed by atoms with E-state index in [1.165, 1.54) is 70.6 Å². The molecule has 1 unspecified atom stereocenters.